The second-order valence-corrected chi connectivity index (χ2v) is 5.61. The molecule has 0 aliphatic carbocycles. The molecule has 1 unspecified atom stereocenters. The van der Waals surface area contributed by atoms with Crippen molar-refractivity contribution < 1.29 is 23.2 Å². The van der Waals surface area contributed by atoms with Crippen LogP contribution in [0, 0.1) is 16.0 Å². The van der Waals surface area contributed by atoms with Gasteiger partial charge in [0.1, 0.15) is 0 Å². The van der Waals surface area contributed by atoms with Crippen molar-refractivity contribution in [2.24, 2.45) is 5.92 Å². The standard InChI is InChI=1S/C10H12N2O6S/c1-7(10(13)14)6-11-19(17,18)9-4-2-3-8(5-9)12(15)16/h2-5,7,11H,6H2,1H3,(H,13,14). The second-order valence-electron chi connectivity index (χ2n) is 3.85. The minimum absolute atomic E-state index is 0.278. The van der Waals surface area contributed by atoms with E-state index in [0.29, 0.717) is 0 Å². The molecule has 0 spiro atoms. The van der Waals surface area contributed by atoms with Crippen LogP contribution in [-0.4, -0.2) is 31.0 Å². The summed E-state index contributed by atoms with van der Waals surface area (Å²) in [6.07, 6.45) is 0. The van der Waals surface area contributed by atoms with Crippen LogP contribution in [0.1, 0.15) is 6.92 Å². The van der Waals surface area contributed by atoms with E-state index in [2.05, 4.69) is 4.72 Å². The number of nitrogens with one attached hydrogen (secondary N) is 1. The molecule has 1 rings (SSSR count). The van der Waals surface area contributed by atoms with Crippen LogP contribution in [0.25, 0.3) is 0 Å². The fourth-order valence-corrected chi connectivity index (χ4v) is 2.34. The van der Waals surface area contributed by atoms with Gasteiger partial charge < -0.3 is 5.11 Å². The molecular weight excluding hydrogens is 276 g/mol. The molecule has 8 nitrogen and oxygen atoms in total. The Labute approximate surface area is 109 Å². The first-order valence-electron chi connectivity index (χ1n) is 5.21. The van der Waals surface area contributed by atoms with Crippen LogP contribution >= 0.6 is 0 Å². The third kappa shape index (κ3) is 4.00. The highest BCUT2D eigenvalue weighted by molar-refractivity contribution is 7.89. The maximum Gasteiger partial charge on any atom is 0.307 e. The van der Waals surface area contributed by atoms with Crippen LogP contribution in [0.2, 0.25) is 0 Å². The lowest BCUT2D eigenvalue weighted by Gasteiger charge is -2.09. The molecule has 0 aromatic heterocycles. The first kappa shape index (κ1) is 15.1. The van der Waals surface area contributed by atoms with Gasteiger partial charge in [-0.05, 0) is 6.07 Å². The first-order chi connectivity index (χ1) is 8.74. The number of hydrogen-bond donors (Lipinski definition) is 2. The highest BCUT2D eigenvalue weighted by atomic mass is 32.2. The van der Waals surface area contributed by atoms with E-state index in [1.807, 2.05) is 0 Å². The first-order valence-corrected chi connectivity index (χ1v) is 6.69. The highest BCUT2D eigenvalue weighted by Crippen LogP contribution is 2.17. The maximum absolute atomic E-state index is 11.8. The molecule has 9 heteroatoms. The summed E-state index contributed by atoms with van der Waals surface area (Å²) in [6.45, 7) is 1.05. The van der Waals surface area contributed by atoms with E-state index < -0.39 is 26.8 Å². The van der Waals surface area contributed by atoms with Crippen LogP contribution in [0.4, 0.5) is 5.69 Å². The van der Waals surface area contributed by atoms with Crippen LogP contribution in [0.15, 0.2) is 29.2 Å². The number of benzene rings is 1. The molecule has 0 aliphatic heterocycles. The minimum atomic E-state index is -3.96. The van der Waals surface area contributed by atoms with Crippen molar-refractivity contribution in [1.82, 2.24) is 4.72 Å². The van der Waals surface area contributed by atoms with Gasteiger partial charge in [-0.3, -0.25) is 14.9 Å². The molecule has 0 bridgehead atoms. The van der Waals surface area contributed by atoms with Crippen LogP contribution in [-0.2, 0) is 14.8 Å². The maximum atomic E-state index is 11.8. The molecule has 104 valence electrons. The van der Waals surface area contributed by atoms with Crippen molar-refractivity contribution in [2.45, 2.75) is 11.8 Å². The molecule has 0 heterocycles. The number of nitro groups is 1. The number of rotatable bonds is 6. The Morgan fingerprint density at radius 2 is 2.16 bits per heavy atom. The summed E-state index contributed by atoms with van der Waals surface area (Å²) in [5.41, 5.74) is -0.353. The molecule has 1 aromatic rings. The zero-order valence-electron chi connectivity index (χ0n) is 9.94. The molecular formula is C10H12N2O6S. The Hall–Kier alpha value is -2.00. The fraction of sp³-hybridized carbons (Fsp3) is 0.300. The summed E-state index contributed by atoms with van der Waals surface area (Å²) in [5.74, 6) is -2.03. The summed E-state index contributed by atoms with van der Waals surface area (Å²) < 4.78 is 25.7. The number of carbonyl (C=O) groups is 1. The third-order valence-electron chi connectivity index (χ3n) is 2.34. The minimum Gasteiger partial charge on any atom is -0.481 e. The highest BCUT2D eigenvalue weighted by Gasteiger charge is 2.20. The SMILES string of the molecule is CC(CNS(=O)(=O)c1cccc([N+](=O)[O-])c1)C(=O)O. The van der Waals surface area contributed by atoms with Gasteiger partial charge in [0, 0.05) is 18.7 Å². The summed E-state index contributed by atoms with van der Waals surface area (Å²) >= 11 is 0. The summed E-state index contributed by atoms with van der Waals surface area (Å²) in [4.78, 5) is 20.1. The lowest BCUT2D eigenvalue weighted by molar-refractivity contribution is -0.385. The van der Waals surface area contributed by atoms with Gasteiger partial charge in [0.15, 0.2) is 0 Å². The van der Waals surface area contributed by atoms with E-state index in [0.717, 1.165) is 6.07 Å². The van der Waals surface area contributed by atoms with E-state index in [1.54, 1.807) is 0 Å². The number of carboxylic acids is 1. The predicted octanol–water partition coefficient (Wildman–Crippen LogP) is 0.594. The predicted molar refractivity (Wildman–Crippen MR) is 65.1 cm³/mol. The molecule has 0 saturated carbocycles. The van der Waals surface area contributed by atoms with E-state index in [1.165, 1.54) is 25.1 Å². The van der Waals surface area contributed by atoms with Crippen LogP contribution < -0.4 is 4.72 Å². The topological polar surface area (TPSA) is 127 Å². The van der Waals surface area contributed by atoms with E-state index in [9.17, 15) is 23.3 Å². The average Bonchev–Trinajstić information content (AvgIpc) is 2.36. The van der Waals surface area contributed by atoms with Crippen LogP contribution in [0.5, 0.6) is 0 Å². The van der Waals surface area contributed by atoms with Crippen molar-refractivity contribution in [3.8, 4) is 0 Å². The number of aliphatic carboxylic acids is 1. The van der Waals surface area contributed by atoms with Crippen molar-refractivity contribution in [3.63, 3.8) is 0 Å². The largest absolute Gasteiger partial charge is 0.481 e. The van der Waals surface area contributed by atoms with Crippen molar-refractivity contribution in [2.75, 3.05) is 6.54 Å². The summed E-state index contributed by atoms with van der Waals surface area (Å²) in [6, 6.07) is 4.51. The van der Waals surface area contributed by atoms with Crippen molar-refractivity contribution in [1.29, 1.82) is 0 Å². The van der Waals surface area contributed by atoms with Crippen molar-refractivity contribution in [3.05, 3.63) is 34.4 Å². The van der Waals surface area contributed by atoms with Crippen molar-refractivity contribution >= 4 is 21.7 Å². The van der Waals surface area contributed by atoms with E-state index in [4.69, 9.17) is 5.11 Å². The monoisotopic (exact) mass is 288 g/mol. The molecule has 0 amide bonds. The summed E-state index contributed by atoms with van der Waals surface area (Å²) in [7, 11) is -3.96. The number of non-ortho nitro benzene ring substituents is 1. The zero-order valence-corrected chi connectivity index (χ0v) is 10.8. The molecule has 0 aliphatic rings. The Balaban J connectivity index is 2.91. The molecule has 1 aromatic carbocycles. The Morgan fingerprint density at radius 3 is 2.68 bits per heavy atom. The van der Waals surface area contributed by atoms with Gasteiger partial charge in [0.05, 0.1) is 15.7 Å². The van der Waals surface area contributed by atoms with Gasteiger partial charge >= 0.3 is 5.97 Å². The lowest BCUT2D eigenvalue weighted by atomic mass is 10.2. The van der Waals surface area contributed by atoms with E-state index in [-0.39, 0.29) is 17.1 Å². The van der Waals surface area contributed by atoms with Crippen LogP contribution in [0.3, 0.4) is 0 Å². The van der Waals surface area contributed by atoms with Gasteiger partial charge in [-0.1, -0.05) is 13.0 Å². The fourth-order valence-electron chi connectivity index (χ4n) is 1.17. The molecule has 0 fully saturated rings. The zero-order chi connectivity index (χ0) is 14.6. The number of sulfonamides is 1. The molecule has 19 heavy (non-hydrogen) atoms. The van der Waals surface area contributed by atoms with Gasteiger partial charge in [-0.15, -0.1) is 0 Å². The van der Waals surface area contributed by atoms with Gasteiger partial charge in [0.25, 0.3) is 5.69 Å². The lowest BCUT2D eigenvalue weighted by Crippen LogP contribution is -2.31. The number of nitro benzene ring substituents is 1. The molecule has 2 N–H and O–H groups in total. The summed E-state index contributed by atoms with van der Waals surface area (Å²) in [5, 5.41) is 19.2. The van der Waals surface area contributed by atoms with Gasteiger partial charge in [-0.2, -0.15) is 0 Å². The molecule has 0 radical (unpaired) electrons. The Kier molecular flexibility index (Phi) is 4.57. The van der Waals surface area contributed by atoms with Gasteiger partial charge in [0.2, 0.25) is 10.0 Å². The quantitative estimate of drug-likeness (QED) is 0.582. The smallest absolute Gasteiger partial charge is 0.307 e. The number of hydrogen-bond acceptors (Lipinski definition) is 5. The van der Waals surface area contributed by atoms with Gasteiger partial charge in [-0.25, -0.2) is 13.1 Å². The molecule has 0 saturated heterocycles. The second kappa shape index (κ2) is 5.76. The third-order valence-corrected chi connectivity index (χ3v) is 3.76. The Morgan fingerprint density at radius 1 is 1.53 bits per heavy atom. The van der Waals surface area contributed by atoms with E-state index >= 15 is 0 Å². The normalized spacial score (nSPS) is 12.9. The Bertz CT molecular complexity index is 598. The molecule has 1 atom stereocenters. The average molecular weight is 288 g/mol. The number of carboxylic acid groups (broad SMARTS) is 1. The number of nitrogens with zero attached hydrogens (tertiary/aromatic N) is 1.